The molecule has 1 saturated heterocycles. The van der Waals surface area contributed by atoms with Gasteiger partial charge in [-0.25, -0.2) is 4.79 Å². The minimum Gasteiger partial charge on any atom is -0.379 e. The third-order valence-corrected chi connectivity index (χ3v) is 5.53. The van der Waals surface area contributed by atoms with Gasteiger partial charge in [0.15, 0.2) is 0 Å². The molecular formula is C21H29ClN4O2. The summed E-state index contributed by atoms with van der Waals surface area (Å²) in [6, 6.07) is 9.53. The van der Waals surface area contributed by atoms with Crippen LogP contribution in [-0.2, 0) is 18.3 Å². The molecule has 0 spiro atoms. The molecule has 152 valence electrons. The van der Waals surface area contributed by atoms with Gasteiger partial charge >= 0.3 is 6.03 Å². The number of ether oxygens (including phenoxy) is 1. The zero-order valence-corrected chi connectivity index (χ0v) is 17.4. The van der Waals surface area contributed by atoms with E-state index in [1.807, 2.05) is 53.9 Å². The summed E-state index contributed by atoms with van der Waals surface area (Å²) < 4.78 is 7.45. The molecule has 1 aliphatic heterocycles. The number of amides is 2. The standard InChI is InChI=1S/C21H29ClN4O2/c1-17-6-7-18(15-20(17)22)23-21(27)26(16-19-5-3-8-24(19)2)10-4-9-25-11-13-28-14-12-25/h3,5-8,15H,4,9-14,16H2,1-2H3,(H,23,27). The summed E-state index contributed by atoms with van der Waals surface area (Å²) in [5.74, 6) is 0. The third kappa shape index (κ3) is 5.74. The van der Waals surface area contributed by atoms with Gasteiger partial charge in [0.05, 0.1) is 19.8 Å². The maximum atomic E-state index is 13.0. The van der Waals surface area contributed by atoms with Gasteiger partial charge in [0, 0.05) is 55.8 Å². The highest BCUT2D eigenvalue weighted by atomic mass is 35.5. The first-order valence-corrected chi connectivity index (χ1v) is 10.1. The molecule has 2 heterocycles. The zero-order valence-electron chi connectivity index (χ0n) is 16.7. The van der Waals surface area contributed by atoms with Crippen LogP contribution in [0.5, 0.6) is 0 Å². The SMILES string of the molecule is Cc1ccc(NC(=O)N(CCCN2CCOCC2)Cc2cccn2C)cc1Cl. The van der Waals surface area contributed by atoms with Crippen LogP contribution in [0.4, 0.5) is 10.5 Å². The number of aryl methyl sites for hydroxylation is 2. The van der Waals surface area contributed by atoms with Gasteiger partial charge in [-0.05, 0) is 43.2 Å². The Morgan fingerprint density at radius 2 is 2.07 bits per heavy atom. The minimum atomic E-state index is -0.108. The van der Waals surface area contributed by atoms with Crippen molar-refractivity contribution in [3.8, 4) is 0 Å². The topological polar surface area (TPSA) is 49.7 Å². The van der Waals surface area contributed by atoms with Gasteiger partial charge in [-0.15, -0.1) is 0 Å². The number of halogens is 1. The fourth-order valence-electron chi connectivity index (χ4n) is 3.29. The normalized spacial score (nSPS) is 14.8. The van der Waals surface area contributed by atoms with Crippen LogP contribution in [0.3, 0.4) is 0 Å². The lowest BCUT2D eigenvalue weighted by Gasteiger charge is -2.28. The number of benzene rings is 1. The number of carbonyl (C=O) groups is 1. The van der Waals surface area contributed by atoms with Crippen LogP contribution in [0.25, 0.3) is 0 Å². The van der Waals surface area contributed by atoms with Gasteiger partial charge in [-0.2, -0.15) is 0 Å². The number of hydrogen-bond acceptors (Lipinski definition) is 3. The second kappa shape index (κ2) is 9.96. The molecule has 1 aromatic carbocycles. The first-order chi connectivity index (χ1) is 13.5. The van der Waals surface area contributed by atoms with Crippen molar-refractivity contribution in [2.75, 3.05) is 44.7 Å². The molecule has 0 atom stereocenters. The van der Waals surface area contributed by atoms with Crippen LogP contribution in [0.1, 0.15) is 17.7 Å². The van der Waals surface area contributed by atoms with Crippen LogP contribution in [0.15, 0.2) is 36.5 Å². The fraction of sp³-hybridized carbons (Fsp3) is 0.476. The molecule has 0 radical (unpaired) electrons. The number of urea groups is 1. The van der Waals surface area contributed by atoms with E-state index in [4.69, 9.17) is 16.3 Å². The van der Waals surface area contributed by atoms with E-state index in [2.05, 4.69) is 10.2 Å². The summed E-state index contributed by atoms with van der Waals surface area (Å²) in [5, 5.41) is 3.64. The van der Waals surface area contributed by atoms with E-state index < -0.39 is 0 Å². The Labute approximate surface area is 172 Å². The second-order valence-corrected chi connectivity index (χ2v) is 7.64. The molecule has 1 N–H and O–H groups in total. The molecule has 6 nitrogen and oxygen atoms in total. The minimum absolute atomic E-state index is 0.108. The van der Waals surface area contributed by atoms with Crippen molar-refractivity contribution in [3.05, 3.63) is 52.8 Å². The van der Waals surface area contributed by atoms with Crippen LogP contribution in [-0.4, -0.2) is 59.8 Å². The summed E-state index contributed by atoms with van der Waals surface area (Å²) >= 11 is 6.20. The molecule has 2 amide bonds. The summed E-state index contributed by atoms with van der Waals surface area (Å²) in [5.41, 5.74) is 2.81. The molecule has 0 saturated carbocycles. The number of nitrogens with zero attached hydrogens (tertiary/aromatic N) is 3. The van der Waals surface area contributed by atoms with Crippen molar-refractivity contribution in [1.82, 2.24) is 14.4 Å². The number of nitrogens with one attached hydrogen (secondary N) is 1. The molecule has 1 aliphatic rings. The number of aromatic nitrogens is 1. The molecule has 2 aromatic rings. The van der Waals surface area contributed by atoms with Gasteiger partial charge < -0.3 is 19.5 Å². The lowest BCUT2D eigenvalue weighted by Crippen LogP contribution is -2.40. The van der Waals surface area contributed by atoms with Crippen molar-refractivity contribution in [1.29, 1.82) is 0 Å². The maximum Gasteiger partial charge on any atom is 0.322 e. The molecule has 28 heavy (non-hydrogen) atoms. The summed E-state index contributed by atoms with van der Waals surface area (Å²) in [6.45, 7) is 7.69. The average Bonchev–Trinajstić information content (AvgIpc) is 3.09. The quantitative estimate of drug-likeness (QED) is 0.764. The highest BCUT2D eigenvalue weighted by molar-refractivity contribution is 6.31. The smallest absolute Gasteiger partial charge is 0.322 e. The third-order valence-electron chi connectivity index (χ3n) is 5.12. The largest absolute Gasteiger partial charge is 0.379 e. The van der Waals surface area contributed by atoms with Gasteiger partial charge in [0.1, 0.15) is 0 Å². The van der Waals surface area contributed by atoms with E-state index in [-0.39, 0.29) is 6.03 Å². The molecule has 1 aromatic heterocycles. The van der Waals surface area contributed by atoms with Crippen LogP contribution in [0, 0.1) is 6.92 Å². The number of anilines is 1. The van der Waals surface area contributed by atoms with Crippen molar-refractivity contribution < 1.29 is 9.53 Å². The summed E-state index contributed by atoms with van der Waals surface area (Å²) in [6.07, 6.45) is 2.92. The van der Waals surface area contributed by atoms with Gasteiger partial charge in [0.25, 0.3) is 0 Å². The van der Waals surface area contributed by atoms with Gasteiger partial charge in [-0.1, -0.05) is 17.7 Å². The Morgan fingerprint density at radius 1 is 1.29 bits per heavy atom. The van der Waals surface area contributed by atoms with E-state index in [1.165, 1.54) is 0 Å². The number of morpholine rings is 1. The Balaban J connectivity index is 1.62. The highest BCUT2D eigenvalue weighted by Crippen LogP contribution is 2.20. The molecule has 7 heteroatoms. The average molecular weight is 405 g/mol. The fourth-order valence-corrected chi connectivity index (χ4v) is 3.47. The van der Waals surface area contributed by atoms with E-state index in [9.17, 15) is 4.79 Å². The lowest BCUT2D eigenvalue weighted by atomic mass is 10.2. The first-order valence-electron chi connectivity index (χ1n) is 9.75. The van der Waals surface area contributed by atoms with Gasteiger partial charge in [-0.3, -0.25) is 4.90 Å². The Bertz CT molecular complexity index is 786. The van der Waals surface area contributed by atoms with Crippen molar-refractivity contribution >= 4 is 23.3 Å². The monoisotopic (exact) mass is 404 g/mol. The molecule has 1 fully saturated rings. The first kappa shape index (κ1) is 20.7. The molecular weight excluding hydrogens is 376 g/mol. The Hall–Kier alpha value is -2.02. The predicted octanol–water partition coefficient (Wildman–Crippen LogP) is 3.74. The summed E-state index contributed by atoms with van der Waals surface area (Å²) in [7, 11) is 2.00. The summed E-state index contributed by atoms with van der Waals surface area (Å²) in [4.78, 5) is 17.2. The zero-order chi connectivity index (χ0) is 19.9. The van der Waals surface area contributed by atoms with Crippen molar-refractivity contribution in [2.24, 2.45) is 7.05 Å². The highest BCUT2D eigenvalue weighted by Gasteiger charge is 2.17. The molecule has 0 bridgehead atoms. The number of rotatable bonds is 7. The number of hydrogen-bond donors (Lipinski definition) is 1. The van der Waals surface area contributed by atoms with Crippen molar-refractivity contribution in [3.63, 3.8) is 0 Å². The van der Waals surface area contributed by atoms with Crippen LogP contribution in [0.2, 0.25) is 5.02 Å². The van der Waals surface area contributed by atoms with Gasteiger partial charge in [0.2, 0.25) is 0 Å². The van der Waals surface area contributed by atoms with Crippen LogP contribution >= 0.6 is 11.6 Å². The molecule has 3 rings (SSSR count). The predicted molar refractivity (Wildman–Crippen MR) is 113 cm³/mol. The number of carbonyl (C=O) groups excluding carboxylic acids is 1. The van der Waals surface area contributed by atoms with E-state index >= 15 is 0 Å². The van der Waals surface area contributed by atoms with Crippen LogP contribution < -0.4 is 5.32 Å². The van der Waals surface area contributed by atoms with E-state index in [1.54, 1.807) is 6.07 Å². The second-order valence-electron chi connectivity index (χ2n) is 7.23. The maximum absolute atomic E-state index is 13.0. The lowest BCUT2D eigenvalue weighted by molar-refractivity contribution is 0.0365. The molecule has 0 unspecified atom stereocenters. The van der Waals surface area contributed by atoms with Crippen molar-refractivity contribution in [2.45, 2.75) is 19.9 Å². The van der Waals surface area contributed by atoms with E-state index in [0.717, 1.165) is 50.5 Å². The Kier molecular flexibility index (Phi) is 7.36. The Morgan fingerprint density at radius 3 is 2.75 bits per heavy atom. The van der Waals surface area contributed by atoms with E-state index in [0.29, 0.717) is 23.8 Å². The molecule has 0 aliphatic carbocycles.